The van der Waals surface area contributed by atoms with Crippen LogP contribution in [0.25, 0.3) is 0 Å². The van der Waals surface area contributed by atoms with Gasteiger partial charge in [0.1, 0.15) is 11.5 Å². The molecular formula is C28H16F10O7S2. The van der Waals surface area contributed by atoms with Crippen molar-refractivity contribution in [2.75, 3.05) is 0 Å². The fraction of sp³-hybridized carbons (Fsp3) is 0.143. The van der Waals surface area contributed by atoms with Gasteiger partial charge in [-0.2, -0.15) is 43.9 Å². The lowest BCUT2D eigenvalue weighted by molar-refractivity contribution is -0.241. The highest BCUT2D eigenvalue weighted by Crippen LogP contribution is 2.45. The predicted molar refractivity (Wildman–Crippen MR) is 142 cm³/mol. The zero-order chi connectivity index (χ0) is 35.1. The van der Waals surface area contributed by atoms with Crippen molar-refractivity contribution in [1.29, 1.82) is 0 Å². The maximum absolute atomic E-state index is 13.6. The molecule has 0 saturated heterocycles. The zero-order valence-electron chi connectivity index (χ0n) is 22.7. The molecule has 0 aliphatic rings. The molecule has 47 heavy (non-hydrogen) atoms. The summed E-state index contributed by atoms with van der Waals surface area (Å²) in [5, 5.41) is -12.1. The van der Waals surface area contributed by atoms with E-state index in [2.05, 4.69) is 0 Å². The number of hydrogen-bond donors (Lipinski definition) is 0. The van der Waals surface area contributed by atoms with Gasteiger partial charge in [-0.15, -0.1) is 0 Å². The van der Waals surface area contributed by atoms with Crippen molar-refractivity contribution in [3.63, 3.8) is 0 Å². The molecule has 0 spiro atoms. The summed E-state index contributed by atoms with van der Waals surface area (Å²) in [6.45, 7) is 0. The molecule has 4 aromatic rings. The Balaban J connectivity index is 1.54. The number of halogens is 10. The topological polar surface area (TPSA) is 96.0 Å². The van der Waals surface area contributed by atoms with Gasteiger partial charge in [-0.25, -0.2) is 16.8 Å². The molecule has 0 N–H and O–H groups in total. The average molecular weight is 719 g/mol. The molecule has 7 nitrogen and oxygen atoms in total. The fourth-order valence-corrected chi connectivity index (χ4v) is 5.77. The Hall–Kier alpha value is -4.52. The first kappa shape index (κ1) is 35.3. The van der Waals surface area contributed by atoms with Crippen molar-refractivity contribution in [3.8, 4) is 34.5 Å². The molecule has 0 heterocycles. The maximum Gasteiger partial charge on any atom is 0.469 e. The lowest BCUT2D eigenvalue weighted by atomic mass is 10.3. The molecule has 0 atom stereocenters. The molecule has 0 unspecified atom stereocenters. The quantitative estimate of drug-likeness (QED) is 0.151. The Morgan fingerprint density at radius 1 is 0.383 bits per heavy atom. The van der Waals surface area contributed by atoms with Crippen LogP contribution in [0.4, 0.5) is 43.9 Å². The zero-order valence-corrected chi connectivity index (χ0v) is 24.3. The first-order valence-electron chi connectivity index (χ1n) is 12.4. The van der Waals surface area contributed by atoms with Crippen LogP contribution in [0, 0.1) is 0 Å². The molecule has 0 fully saturated rings. The van der Waals surface area contributed by atoms with Gasteiger partial charge in [-0.1, -0.05) is 24.3 Å². The Bertz CT molecular complexity index is 1820. The van der Waals surface area contributed by atoms with Crippen molar-refractivity contribution in [2.45, 2.75) is 32.7 Å². The van der Waals surface area contributed by atoms with Gasteiger partial charge >= 0.3 is 22.9 Å². The van der Waals surface area contributed by atoms with Crippen LogP contribution in [0.5, 0.6) is 34.5 Å². The van der Waals surface area contributed by atoms with Crippen LogP contribution in [0.3, 0.4) is 0 Å². The monoisotopic (exact) mass is 718 g/mol. The van der Waals surface area contributed by atoms with Crippen molar-refractivity contribution in [1.82, 2.24) is 0 Å². The normalized spacial score (nSPS) is 13.2. The summed E-state index contributed by atoms with van der Waals surface area (Å²) in [7, 11) is -12.3. The van der Waals surface area contributed by atoms with E-state index in [4.69, 9.17) is 14.2 Å². The highest BCUT2D eigenvalue weighted by Gasteiger charge is 2.68. The van der Waals surface area contributed by atoms with Gasteiger partial charge < -0.3 is 14.2 Å². The number of sulfone groups is 2. The lowest BCUT2D eigenvalue weighted by Gasteiger charge is -2.20. The molecule has 0 aliphatic carbocycles. The van der Waals surface area contributed by atoms with Crippen LogP contribution in [-0.4, -0.2) is 39.7 Å². The molecule has 0 aromatic heterocycles. The molecular weight excluding hydrogens is 702 g/mol. The van der Waals surface area contributed by atoms with Gasteiger partial charge in [0.15, 0.2) is 23.0 Å². The van der Waals surface area contributed by atoms with Crippen LogP contribution >= 0.6 is 0 Å². The minimum atomic E-state index is -6.37. The second-order valence-electron chi connectivity index (χ2n) is 9.18. The predicted octanol–water partition coefficient (Wildman–Crippen LogP) is 8.92. The Morgan fingerprint density at radius 2 is 0.638 bits per heavy atom. The minimum absolute atomic E-state index is 0.0420. The smallest absolute Gasteiger partial charge is 0.453 e. The van der Waals surface area contributed by atoms with Gasteiger partial charge in [0.25, 0.3) is 19.7 Å². The third kappa shape index (κ3) is 6.80. The standard InChI is InChI=1S/C28H16F10O7S2/c29-25(30,31)27(35,36)46(39,40)19-13-9-17(10-14-19)43-21-5-1-3-7-23(21)45-24-8-4-2-6-22(24)44-18-11-15-20(16-12-18)47(41,42)28(37,38)26(32,33)34/h1-16H. The lowest BCUT2D eigenvalue weighted by Crippen LogP contribution is -2.43. The first-order valence-corrected chi connectivity index (χ1v) is 15.4. The summed E-state index contributed by atoms with van der Waals surface area (Å²) in [6, 6.07) is 16.5. The van der Waals surface area contributed by atoms with E-state index >= 15 is 0 Å². The van der Waals surface area contributed by atoms with Crippen LogP contribution in [0.15, 0.2) is 107 Å². The van der Waals surface area contributed by atoms with Crippen LogP contribution in [-0.2, 0) is 19.7 Å². The van der Waals surface area contributed by atoms with E-state index in [0.29, 0.717) is 24.3 Å². The van der Waals surface area contributed by atoms with Crippen LogP contribution in [0.2, 0.25) is 0 Å². The van der Waals surface area contributed by atoms with Gasteiger partial charge in [-0.05, 0) is 72.8 Å². The SMILES string of the molecule is O=S(=O)(c1ccc(Oc2ccccc2Oc2ccccc2Oc2ccc(S(=O)(=O)C(F)(F)C(F)(F)F)cc2)cc1)C(F)(F)C(F)(F)F. The maximum atomic E-state index is 13.6. The van der Waals surface area contributed by atoms with Crippen LogP contribution in [0.1, 0.15) is 0 Å². The summed E-state index contributed by atoms with van der Waals surface area (Å²) in [5.41, 5.74) is 0. The number of hydrogen-bond acceptors (Lipinski definition) is 7. The number of para-hydroxylation sites is 4. The number of ether oxygens (including phenoxy) is 3. The van der Waals surface area contributed by atoms with E-state index in [1.54, 1.807) is 0 Å². The van der Waals surface area contributed by atoms with Crippen molar-refractivity contribution < 1.29 is 75.0 Å². The molecule has 0 bridgehead atoms. The molecule has 19 heteroatoms. The fourth-order valence-electron chi connectivity index (χ4n) is 3.58. The Labute approximate surface area is 258 Å². The molecule has 4 rings (SSSR count). The van der Waals surface area contributed by atoms with Crippen molar-refractivity contribution in [2.24, 2.45) is 0 Å². The van der Waals surface area contributed by atoms with E-state index in [1.807, 2.05) is 0 Å². The summed E-state index contributed by atoms with van der Waals surface area (Å²) in [5.74, 6) is -0.631. The van der Waals surface area contributed by atoms with E-state index in [-0.39, 0.29) is 34.5 Å². The molecule has 0 amide bonds. The number of rotatable bonds is 10. The summed E-state index contributed by atoms with van der Waals surface area (Å²) in [4.78, 5) is -2.66. The molecule has 0 aliphatic heterocycles. The van der Waals surface area contributed by atoms with E-state index in [1.165, 1.54) is 48.5 Å². The first-order chi connectivity index (χ1) is 21.6. The minimum Gasteiger partial charge on any atom is -0.453 e. The highest BCUT2D eigenvalue weighted by molar-refractivity contribution is 7.92. The Kier molecular flexibility index (Phi) is 9.21. The second kappa shape index (κ2) is 12.3. The highest BCUT2D eigenvalue weighted by atomic mass is 32.2. The number of alkyl halides is 10. The second-order valence-corrected chi connectivity index (χ2v) is 13.2. The summed E-state index contributed by atoms with van der Waals surface area (Å²) in [6.07, 6.45) is -12.7. The average Bonchev–Trinajstić information content (AvgIpc) is 2.98. The molecule has 0 saturated carbocycles. The van der Waals surface area contributed by atoms with Crippen molar-refractivity contribution >= 4 is 19.7 Å². The Morgan fingerprint density at radius 3 is 0.894 bits per heavy atom. The summed E-state index contributed by atoms with van der Waals surface area (Å²) >= 11 is 0. The van der Waals surface area contributed by atoms with E-state index in [9.17, 15) is 60.7 Å². The van der Waals surface area contributed by atoms with E-state index in [0.717, 1.165) is 24.3 Å². The van der Waals surface area contributed by atoms with Crippen LogP contribution < -0.4 is 14.2 Å². The third-order valence-electron chi connectivity index (χ3n) is 5.98. The largest absolute Gasteiger partial charge is 0.469 e. The number of benzene rings is 4. The van der Waals surface area contributed by atoms with Gasteiger partial charge in [0.05, 0.1) is 9.79 Å². The molecule has 4 aromatic carbocycles. The van der Waals surface area contributed by atoms with Gasteiger partial charge in [0, 0.05) is 0 Å². The van der Waals surface area contributed by atoms with E-state index < -0.39 is 52.3 Å². The summed E-state index contributed by atoms with van der Waals surface area (Å²) < 4.78 is 195. The molecule has 0 radical (unpaired) electrons. The van der Waals surface area contributed by atoms with Crippen molar-refractivity contribution in [3.05, 3.63) is 97.1 Å². The van der Waals surface area contributed by atoms with Gasteiger partial charge in [0.2, 0.25) is 0 Å². The molecule has 252 valence electrons. The third-order valence-corrected chi connectivity index (χ3v) is 9.58. The van der Waals surface area contributed by atoms with Gasteiger partial charge in [-0.3, -0.25) is 0 Å².